The number of fused-ring (bicyclic) bond motifs is 1. The average molecular weight is 162 g/mol. The summed E-state index contributed by atoms with van der Waals surface area (Å²) in [6.45, 7) is 4.41. The van der Waals surface area contributed by atoms with Crippen molar-refractivity contribution in [1.29, 1.82) is 0 Å². The molecular formula is C10H14N2. The van der Waals surface area contributed by atoms with Gasteiger partial charge < -0.3 is 5.32 Å². The Labute approximate surface area is 73.1 Å². The molecule has 0 aromatic carbocycles. The molecule has 0 spiro atoms. The van der Waals surface area contributed by atoms with Gasteiger partial charge >= 0.3 is 0 Å². The van der Waals surface area contributed by atoms with Crippen LogP contribution in [0.25, 0.3) is 0 Å². The first-order valence-corrected chi connectivity index (χ1v) is 4.45. The highest BCUT2D eigenvalue weighted by atomic mass is 15.0. The van der Waals surface area contributed by atoms with Crippen molar-refractivity contribution in [3.8, 4) is 0 Å². The number of hydrogen-bond donors (Lipinski definition) is 1. The van der Waals surface area contributed by atoms with Gasteiger partial charge in [-0.15, -0.1) is 0 Å². The maximum absolute atomic E-state index is 4.11. The molecule has 12 heavy (non-hydrogen) atoms. The standard InChI is InChI=1S/C10H14N2/c1-7(2)9-5-8-3-4-11-6-10(8)12-9/h3-8,10,12H,1-2H3. The van der Waals surface area contributed by atoms with Gasteiger partial charge in [0.05, 0.1) is 6.04 Å². The summed E-state index contributed by atoms with van der Waals surface area (Å²) in [6.07, 6.45) is 8.31. The van der Waals surface area contributed by atoms with Crippen LogP contribution >= 0.6 is 0 Å². The van der Waals surface area contributed by atoms with Crippen LogP contribution in [0, 0.1) is 11.8 Å². The van der Waals surface area contributed by atoms with E-state index in [4.69, 9.17) is 0 Å². The Bertz CT molecular complexity index is 261. The van der Waals surface area contributed by atoms with Crippen LogP contribution in [-0.4, -0.2) is 12.3 Å². The van der Waals surface area contributed by atoms with Crippen LogP contribution in [0.1, 0.15) is 13.8 Å². The Morgan fingerprint density at radius 1 is 1.50 bits per heavy atom. The van der Waals surface area contributed by atoms with E-state index in [9.17, 15) is 0 Å². The van der Waals surface area contributed by atoms with Gasteiger partial charge in [-0.1, -0.05) is 26.0 Å². The van der Waals surface area contributed by atoms with Crippen LogP contribution in [0.4, 0.5) is 0 Å². The van der Waals surface area contributed by atoms with E-state index in [1.54, 1.807) is 0 Å². The summed E-state index contributed by atoms with van der Waals surface area (Å²) in [6, 6.07) is 0.410. The third kappa shape index (κ3) is 1.17. The molecule has 2 nitrogen and oxygen atoms in total. The van der Waals surface area contributed by atoms with Crippen LogP contribution in [0.15, 0.2) is 29.0 Å². The number of allylic oxidation sites excluding steroid dienone is 1. The van der Waals surface area contributed by atoms with Gasteiger partial charge in [0.15, 0.2) is 0 Å². The molecule has 0 aromatic rings. The Kier molecular flexibility index (Phi) is 1.75. The molecule has 2 heteroatoms. The molecule has 64 valence electrons. The van der Waals surface area contributed by atoms with Crippen molar-refractivity contribution < 1.29 is 0 Å². The fourth-order valence-corrected chi connectivity index (χ4v) is 1.61. The molecule has 2 aliphatic heterocycles. The number of rotatable bonds is 1. The van der Waals surface area contributed by atoms with Gasteiger partial charge in [-0.05, 0) is 5.92 Å². The summed E-state index contributed by atoms with van der Waals surface area (Å²) in [7, 11) is 0. The van der Waals surface area contributed by atoms with E-state index in [-0.39, 0.29) is 0 Å². The SMILES string of the molecule is CC(C)C1=CC2C=CN=CC2N1. The van der Waals surface area contributed by atoms with E-state index in [0.29, 0.717) is 17.9 Å². The first kappa shape index (κ1) is 7.59. The monoisotopic (exact) mass is 162 g/mol. The van der Waals surface area contributed by atoms with Gasteiger partial charge in [-0.25, -0.2) is 0 Å². The van der Waals surface area contributed by atoms with Crippen molar-refractivity contribution in [3.63, 3.8) is 0 Å². The summed E-state index contributed by atoms with van der Waals surface area (Å²) in [5.41, 5.74) is 1.35. The molecule has 2 atom stereocenters. The van der Waals surface area contributed by atoms with E-state index >= 15 is 0 Å². The number of nitrogens with one attached hydrogen (secondary N) is 1. The Morgan fingerprint density at radius 2 is 2.33 bits per heavy atom. The molecule has 0 saturated carbocycles. The molecule has 0 amide bonds. The van der Waals surface area contributed by atoms with E-state index in [1.165, 1.54) is 5.70 Å². The summed E-state index contributed by atoms with van der Waals surface area (Å²) in [5, 5.41) is 3.45. The Hall–Kier alpha value is -1.05. The van der Waals surface area contributed by atoms with Gasteiger partial charge in [0.2, 0.25) is 0 Å². The second-order valence-electron chi connectivity index (χ2n) is 3.66. The lowest BCUT2D eigenvalue weighted by molar-refractivity contribution is 0.628. The first-order chi connectivity index (χ1) is 5.77. The lowest BCUT2D eigenvalue weighted by Crippen LogP contribution is -2.31. The Balaban J connectivity index is 2.16. The normalized spacial score (nSPS) is 31.8. The topological polar surface area (TPSA) is 24.4 Å². The van der Waals surface area contributed by atoms with E-state index < -0.39 is 0 Å². The molecule has 0 aromatic heterocycles. The summed E-state index contributed by atoms with van der Waals surface area (Å²) in [4.78, 5) is 4.11. The highest BCUT2D eigenvalue weighted by Crippen LogP contribution is 2.23. The molecule has 0 saturated heterocycles. The Morgan fingerprint density at radius 3 is 3.00 bits per heavy atom. The van der Waals surface area contributed by atoms with Crippen molar-refractivity contribution in [2.24, 2.45) is 16.8 Å². The molecule has 2 heterocycles. The zero-order chi connectivity index (χ0) is 8.55. The summed E-state index contributed by atoms with van der Waals surface area (Å²) < 4.78 is 0. The molecule has 0 bridgehead atoms. The maximum atomic E-state index is 4.11. The second-order valence-corrected chi connectivity index (χ2v) is 3.66. The lowest BCUT2D eigenvalue weighted by atomic mass is 10.0. The molecule has 0 fully saturated rings. The van der Waals surface area contributed by atoms with Crippen molar-refractivity contribution in [1.82, 2.24) is 5.32 Å². The van der Waals surface area contributed by atoms with Gasteiger partial charge in [0.25, 0.3) is 0 Å². The summed E-state index contributed by atoms with van der Waals surface area (Å²) in [5.74, 6) is 1.12. The fourth-order valence-electron chi connectivity index (χ4n) is 1.61. The molecule has 2 aliphatic rings. The minimum Gasteiger partial charge on any atom is -0.380 e. The van der Waals surface area contributed by atoms with Crippen LogP contribution in [0.2, 0.25) is 0 Å². The van der Waals surface area contributed by atoms with Crippen LogP contribution < -0.4 is 5.32 Å². The zero-order valence-corrected chi connectivity index (χ0v) is 7.49. The summed E-state index contributed by atoms with van der Waals surface area (Å²) >= 11 is 0. The maximum Gasteiger partial charge on any atom is 0.0711 e. The van der Waals surface area contributed by atoms with E-state index in [2.05, 4.69) is 36.3 Å². The number of nitrogens with zero attached hydrogens (tertiary/aromatic N) is 1. The molecule has 2 unspecified atom stereocenters. The first-order valence-electron chi connectivity index (χ1n) is 4.45. The largest absolute Gasteiger partial charge is 0.380 e. The predicted molar refractivity (Wildman–Crippen MR) is 51.0 cm³/mol. The molecule has 1 N–H and O–H groups in total. The van der Waals surface area contributed by atoms with E-state index in [0.717, 1.165) is 0 Å². The highest BCUT2D eigenvalue weighted by molar-refractivity contribution is 5.69. The van der Waals surface area contributed by atoms with E-state index in [1.807, 2.05) is 12.4 Å². The van der Waals surface area contributed by atoms with Crippen LogP contribution in [0.3, 0.4) is 0 Å². The average Bonchev–Trinajstić information content (AvgIpc) is 2.46. The molecule has 0 aliphatic carbocycles. The lowest BCUT2D eigenvalue weighted by Gasteiger charge is -2.15. The molecular weight excluding hydrogens is 148 g/mol. The van der Waals surface area contributed by atoms with Gasteiger partial charge in [-0.3, -0.25) is 4.99 Å². The van der Waals surface area contributed by atoms with Crippen molar-refractivity contribution in [2.45, 2.75) is 19.9 Å². The van der Waals surface area contributed by atoms with Crippen molar-refractivity contribution in [3.05, 3.63) is 24.0 Å². The predicted octanol–water partition coefficient (Wildman–Crippen LogP) is 1.71. The third-order valence-electron chi connectivity index (χ3n) is 2.38. The molecule has 2 rings (SSSR count). The minimum atomic E-state index is 0.410. The molecule has 0 radical (unpaired) electrons. The number of aliphatic imine (C=N–C) groups is 1. The number of hydrogen-bond acceptors (Lipinski definition) is 2. The quantitative estimate of drug-likeness (QED) is 0.623. The van der Waals surface area contributed by atoms with Crippen LogP contribution in [0.5, 0.6) is 0 Å². The fraction of sp³-hybridized carbons (Fsp3) is 0.500. The van der Waals surface area contributed by atoms with Gasteiger partial charge in [0.1, 0.15) is 0 Å². The third-order valence-corrected chi connectivity index (χ3v) is 2.38. The van der Waals surface area contributed by atoms with Crippen molar-refractivity contribution in [2.75, 3.05) is 0 Å². The van der Waals surface area contributed by atoms with Crippen molar-refractivity contribution >= 4 is 6.21 Å². The highest BCUT2D eigenvalue weighted by Gasteiger charge is 2.25. The smallest absolute Gasteiger partial charge is 0.0711 e. The van der Waals surface area contributed by atoms with Crippen LogP contribution in [-0.2, 0) is 0 Å². The second kappa shape index (κ2) is 2.77. The zero-order valence-electron chi connectivity index (χ0n) is 7.49. The minimum absolute atomic E-state index is 0.410. The van der Waals surface area contributed by atoms with Gasteiger partial charge in [-0.2, -0.15) is 0 Å². The van der Waals surface area contributed by atoms with Gasteiger partial charge in [0, 0.05) is 24.0 Å².